The third kappa shape index (κ3) is 3.99. The summed E-state index contributed by atoms with van der Waals surface area (Å²) in [5, 5.41) is 11.4. The van der Waals surface area contributed by atoms with E-state index in [0.717, 1.165) is 22.8 Å². The van der Waals surface area contributed by atoms with Gasteiger partial charge in [-0.1, -0.05) is 17.7 Å². The first-order valence-corrected chi connectivity index (χ1v) is 10.4. The molecule has 164 valence electrons. The van der Waals surface area contributed by atoms with Crippen molar-refractivity contribution in [2.75, 3.05) is 43.2 Å². The number of piperazine rings is 1. The minimum Gasteiger partial charge on any atom is -0.454 e. The van der Waals surface area contributed by atoms with Crippen LogP contribution in [0.3, 0.4) is 0 Å². The average molecular weight is 456 g/mol. The Hall–Kier alpha value is -3.59. The number of urea groups is 1. The number of nitrogens with zero attached hydrogens (tertiary/aromatic N) is 4. The summed E-state index contributed by atoms with van der Waals surface area (Å²) in [5.41, 5.74) is 1.61. The van der Waals surface area contributed by atoms with Gasteiger partial charge in [0.15, 0.2) is 17.3 Å². The third-order valence-corrected chi connectivity index (χ3v) is 5.72. The highest BCUT2D eigenvalue weighted by Gasteiger charge is 2.23. The predicted octanol–water partition coefficient (Wildman–Crippen LogP) is 4.02. The molecule has 1 fully saturated rings. The Morgan fingerprint density at radius 1 is 1.00 bits per heavy atom. The molecule has 2 aliphatic rings. The Balaban J connectivity index is 1.20. The Morgan fingerprint density at radius 2 is 1.81 bits per heavy atom. The molecule has 0 atom stereocenters. The molecule has 0 unspecified atom stereocenters. The van der Waals surface area contributed by atoms with E-state index in [4.69, 9.17) is 21.1 Å². The summed E-state index contributed by atoms with van der Waals surface area (Å²) in [6, 6.07) is 13.3. The fourth-order valence-electron chi connectivity index (χ4n) is 3.65. The molecule has 1 N–H and O–H groups in total. The topological polar surface area (TPSA) is 79.8 Å². The molecule has 5 rings (SSSR count). The Kier molecular flexibility index (Phi) is 5.40. The molecule has 0 saturated carbocycles. The monoisotopic (exact) mass is 455 g/mol. The highest BCUT2D eigenvalue weighted by molar-refractivity contribution is 6.33. The van der Waals surface area contributed by atoms with Crippen LogP contribution in [0.4, 0.5) is 20.7 Å². The number of carbonyl (C=O) groups is 1. The molecule has 32 heavy (non-hydrogen) atoms. The number of fused-ring (bicyclic) bond motifs is 1. The fraction of sp³-hybridized carbons (Fsp3) is 0.227. The Labute approximate surface area is 188 Å². The van der Waals surface area contributed by atoms with Gasteiger partial charge in [0.25, 0.3) is 0 Å². The molecule has 1 aromatic heterocycles. The molecular formula is C22H19ClFN5O3. The average Bonchev–Trinajstić information content (AvgIpc) is 3.30. The van der Waals surface area contributed by atoms with Crippen LogP contribution in [0.2, 0.25) is 5.02 Å². The fourth-order valence-corrected chi connectivity index (χ4v) is 3.86. The minimum atomic E-state index is -0.567. The Morgan fingerprint density at radius 3 is 2.56 bits per heavy atom. The van der Waals surface area contributed by atoms with Crippen molar-refractivity contribution in [3.05, 3.63) is 59.4 Å². The van der Waals surface area contributed by atoms with Gasteiger partial charge in [-0.2, -0.15) is 0 Å². The standard InChI is InChI=1S/C22H19ClFN5O3/c23-15-2-1-3-16(24)21(15)25-22(30)29-10-8-28(9-11-29)20-7-5-17(26-27-20)14-4-6-18-19(12-14)32-13-31-18/h1-7,12H,8-11,13H2,(H,25,30). The summed E-state index contributed by atoms with van der Waals surface area (Å²) in [6.07, 6.45) is 0. The van der Waals surface area contributed by atoms with Crippen molar-refractivity contribution < 1.29 is 18.7 Å². The molecule has 0 spiro atoms. The van der Waals surface area contributed by atoms with Gasteiger partial charge in [0, 0.05) is 31.7 Å². The molecule has 10 heteroatoms. The van der Waals surface area contributed by atoms with Crippen LogP contribution in [0.25, 0.3) is 11.3 Å². The zero-order valence-electron chi connectivity index (χ0n) is 16.9. The first kappa shape index (κ1) is 20.3. The molecule has 3 heterocycles. The van der Waals surface area contributed by atoms with Gasteiger partial charge in [-0.3, -0.25) is 0 Å². The smallest absolute Gasteiger partial charge is 0.322 e. The molecule has 2 amide bonds. The van der Waals surface area contributed by atoms with Crippen molar-refractivity contribution in [1.29, 1.82) is 0 Å². The zero-order valence-corrected chi connectivity index (χ0v) is 17.7. The lowest BCUT2D eigenvalue weighted by Crippen LogP contribution is -2.50. The zero-order chi connectivity index (χ0) is 22.1. The summed E-state index contributed by atoms with van der Waals surface area (Å²) in [6.45, 7) is 2.31. The van der Waals surface area contributed by atoms with Crippen LogP contribution in [-0.4, -0.2) is 54.1 Å². The van der Waals surface area contributed by atoms with Gasteiger partial charge in [-0.05, 0) is 42.5 Å². The summed E-state index contributed by atoms with van der Waals surface area (Å²) >= 11 is 5.99. The van der Waals surface area contributed by atoms with Gasteiger partial charge >= 0.3 is 6.03 Å². The summed E-state index contributed by atoms with van der Waals surface area (Å²) in [5.74, 6) is 1.57. The summed E-state index contributed by atoms with van der Waals surface area (Å²) in [7, 11) is 0. The van der Waals surface area contributed by atoms with Gasteiger partial charge in [0.05, 0.1) is 16.4 Å². The lowest BCUT2D eigenvalue weighted by atomic mass is 10.1. The first-order chi connectivity index (χ1) is 15.6. The molecule has 0 aliphatic carbocycles. The van der Waals surface area contributed by atoms with E-state index in [0.29, 0.717) is 31.9 Å². The van der Waals surface area contributed by atoms with E-state index < -0.39 is 5.82 Å². The van der Waals surface area contributed by atoms with Crippen LogP contribution in [0.15, 0.2) is 48.5 Å². The number of halogens is 2. The number of hydrogen-bond donors (Lipinski definition) is 1. The number of carbonyl (C=O) groups excluding carboxylic acids is 1. The van der Waals surface area contributed by atoms with Crippen molar-refractivity contribution in [1.82, 2.24) is 15.1 Å². The molecule has 1 saturated heterocycles. The molecule has 0 bridgehead atoms. The Bertz CT molecular complexity index is 1130. The summed E-state index contributed by atoms with van der Waals surface area (Å²) in [4.78, 5) is 16.2. The molecular weight excluding hydrogens is 437 g/mol. The first-order valence-electron chi connectivity index (χ1n) is 10.1. The summed E-state index contributed by atoms with van der Waals surface area (Å²) < 4.78 is 24.7. The SMILES string of the molecule is O=C(Nc1c(F)cccc1Cl)N1CCN(c2ccc(-c3ccc4c(c3)OCO4)nn2)CC1. The number of hydrogen-bond acceptors (Lipinski definition) is 6. The highest BCUT2D eigenvalue weighted by atomic mass is 35.5. The van der Waals surface area contributed by atoms with Crippen LogP contribution < -0.4 is 19.7 Å². The van der Waals surface area contributed by atoms with Gasteiger partial charge in [-0.25, -0.2) is 9.18 Å². The van der Waals surface area contributed by atoms with Crippen LogP contribution in [0.5, 0.6) is 11.5 Å². The number of nitrogens with one attached hydrogen (secondary N) is 1. The molecule has 2 aliphatic heterocycles. The van der Waals surface area contributed by atoms with E-state index in [1.54, 1.807) is 4.90 Å². The second-order valence-electron chi connectivity index (χ2n) is 7.35. The van der Waals surface area contributed by atoms with Crippen molar-refractivity contribution in [3.63, 3.8) is 0 Å². The maximum Gasteiger partial charge on any atom is 0.322 e. The number of rotatable bonds is 3. The normalized spacial score (nSPS) is 15.1. The van der Waals surface area contributed by atoms with Crippen LogP contribution in [0.1, 0.15) is 0 Å². The number of aromatic nitrogens is 2. The van der Waals surface area contributed by atoms with Crippen LogP contribution in [-0.2, 0) is 0 Å². The van der Waals surface area contributed by atoms with E-state index in [9.17, 15) is 9.18 Å². The van der Waals surface area contributed by atoms with Gasteiger partial charge in [-0.15, -0.1) is 10.2 Å². The lowest BCUT2D eigenvalue weighted by molar-refractivity contribution is 0.174. The molecule has 2 aromatic carbocycles. The highest BCUT2D eigenvalue weighted by Crippen LogP contribution is 2.35. The van der Waals surface area contributed by atoms with E-state index in [2.05, 4.69) is 20.4 Å². The van der Waals surface area contributed by atoms with Crippen LogP contribution in [0, 0.1) is 5.82 Å². The quantitative estimate of drug-likeness (QED) is 0.642. The van der Waals surface area contributed by atoms with Gasteiger partial charge < -0.3 is 24.6 Å². The van der Waals surface area contributed by atoms with E-state index >= 15 is 0 Å². The van der Waals surface area contributed by atoms with E-state index in [1.807, 2.05) is 30.3 Å². The van der Waals surface area contributed by atoms with E-state index in [1.165, 1.54) is 18.2 Å². The second kappa shape index (κ2) is 8.51. The van der Waals surface area contributed by atoms with Crippen molar-refractivity contribution in [2.24, 2.45) is 0 Å². The number of amides is 2. The molecule has 8 nitrogen and oxygen atoms in total. The van der Waals surface area contributed by atoms with Crippen molar-refractivity contribution in [3.8, 4) is 22.8 Å². The maximum absolute atomic E-state index is 13.9. The van der Waals surface area contributed by atoms with Crippen molar-refractivity contribution >= 4 is 29.1 Å². The van der Waals surface area contributed by atoms with Crippen molar-refractivity contribution in [2.45, 2.75) is 0 Å². The number of para-hydroxylation sites is 1. The second-order valence-corrected chi connectivity index (χ2v) is 7.75. The van der Waals surface area contributed by atoms with Crippen LogP contribution >= 0.6 is 11.6 Å². The lowest BCUT2D eigenvalue weighted by Gasteiger charge is -2.35. The van der Waals surface area contributed by atoms with E-state index in [-0.39, 0.29) is 23.5 Å². The van der Waals surface area contributed by atoms with Gasteiger partial charge in [0.1, 0.15) is 5.82 Å². The third-order valence-electron chi connectivity index (χ3n) is 5.40. The molecule has 3 aromatic rings. The number of ether oxygens (including phenoxy) is 2. The molecule has 0 radical (unpaired) electrons. The largest absolute Gasteiger partial charge is 0.454 e. The van der Waals surface area contributed by atoms with Gasteiger partial charge in [0.2, 0.25) is 6.79 Å². The minimum absolute atomic E-state index is 0.00781. The number of benzene rings is 2. The number of anilines is 2. The maximum atomic E-state index is 13.9. The predicted molar refractivity (Wildman–Crippen MR) is 118 cm³/mol.